The van der Waals surface area contributed by atoms with E-state index in [9.17, 15) is 0 Å². The maximum absolute atomic E-state index is 3.48. The quantitative estimate of drug-likeness (QED) is 0.118. The van der Waals surface area contributed by atoms with Crippen LogP contribution in [0, 0.1) is 12.0 Å². The molecule has 1 aromatic rings. The van der Waals surface area contributed by atoms with E-state index in [4.69, 9.17) is 0 Å². The lowest BCUT2D eigenvalue weighted by molar-refractivity contribution is 0.399. The summed E-state index contributed by atoms with van der Waals surface area (Å²) in [5.74, 6) is 0.871. The van der Waals surface area contributed by atoms with Crippen molar-refractivity contribution in [2.75, 3.05) is 0 Å². The van der Waals surface area contributed by atoms with Gasteiger partial charge in [-0.1, -0.05) is 192 Å². The lowest BCUT2D eigenvalue weighted by atomic mass is 9.88. The monoisotopic (exact) mass is 469 g/mol. The van der Waals surface area contributed by atoms with Gasteiger partial charge in [0.05, 0.1) is 0 Å². The molecule has 0 fully saturated rings. The fourth-order valence-electron chi connectivity index (χ4n) is 5.41. The van der Waals surface area contributed by atoms with Crippen LogP contribution in [0.1, 0.15) is 174 Å². The van der Waals surface area contributed by atoms with Crippen molar-refractivity contribution in [1.82, 2.24) is 0 Å². The summed E-state index contributed by atoms with van der Waals surface area (Å²) < 4.78 is 0. The van der Waals surface area contributed by atoms with Crippen molar-refractivity contribution in [3.63, 3.8) is 0 Å². The molecule has 1 unspecified atom stereocenters. The average molecular weight is 470 g/mol. The third-order valence-corrected chi connectivity index (χ3v) is 7.71. The summed E-state index contributed by atoms with van der Waals surface area (Å²) in [7, 11) is 0. The Labute approximate surface area is 216 Å². The molecule has 0 bridgehead atoms. The molecule has 0 saturated heterocycles. The van der Waals surface area contributed by atoms with Crippen LogP contribution in [0.3, 0.4) is 0 Å². The van der Waals surface area contributed by atoms with Gasteiger partial charge < -0.3 is 0 Å². The summed E-state index contributed by atoms with van der Waals surface area (Å²) in [5.41, 5.74) is 1.43. The molecule has 0 spiro atoms. The topological polar surface area (TPSA) is 0 Å². The fraction of sp³-hybridized carbons (Fsp3) is 0.824. The summed E-state index contributed by atoms with van der Waals surface area (Å²) >= 11 is 0. The second-order valence-corrected chi connectivity index (χ2v) is 11.1. The summed E-state index contributed by atoms with van der Waals surface area (Å²) in [6, 6.07) is 12.2. The van der Waals surface area contributed by atoms with Gasteiger partial charge in [-0.15, -0.1) is 0 Å². The second-order valence-electron chi connectivity index (χ2n) is 11.1. The molecule has 0 aliphatic rings. The standard InChI is InChI=1S/C34H61/c1-3-5-7-9-11-13-15-16-18-20-22-25-29-33(32-34-30-26-23-27-31-34)28-24-21-19-17-14-12-10-8-6-4-2/h23,26-27,30,33H,3-22,24-25,28-29,32H2,1-2H3. The van der Waals surface area contributed by atoms with Gasteiger partial charge in [-0.2, -0.15) is 0 Å². The molecule has 1 rings (SSSR count). The average Bonchev–Trinajstić information content (AvgIpc) is 2.86. The van der Waals surface area contributed by atoms with E-state index < -0.39 is 0 Å². The van der Waals surface area contributed by atoms with Crippen molar-refractivity contribution in [3.8, 4) is 0 Å². The summed E-state index contributed by atoms with van der Waals surface area (Å²) in [4.78, 5) is 0. The van der Waals surface area contributed by atoms with Gasteiger partial charge in [-0.3, -0.25) is 0 Å². The van der Waals surface area contributed by atoms with Crippen LogP contribution in [0.2, 0.25) is 0 Å². The largest absolute Gasteiger partial charge is 0.0654 e. The molecular weight excluding hydrogens is 408 g/mol. The molecule has 0 aliphatic carbocycles. The molecule has 0 nitrogen and oxygen atoms in total. The maximum atomic E-state index is 3.48. The van der Waals surface area contributed by atoms with Crippen molar-refractivity contribution in [2.24, 2.45) is 5.92 Å². The van der Waals surface area contributed by atoms with Gasteiger partial charge in [0, 0.05) is 0 Å². The highest BCUT2D eigenvalue weighted by Gasteiger charge is 2.10. The van der Waals surface area contributed by atoms with E-state index in [2.05, 4.69) is 44.2 Å². The summed E-state index contributed by atoms with van der Waals surface area (Å²) in [6.45, 7) is 4.61. The van der Waals surface area contributed by atoms with E-state index >= 15 is 0 Å². The Bertz CT molecular complexity index is 490. The van der Waals surface area contributed by atoms with Gasteiger partial charge in [0.25, 0.3) is 0 Å². The highest BCUT2D eigenvalue weighted by atomic mass is 14.2. The van der Waals surface area contributed by atoms with Gasteiger partial charge in [-0.25, -0.2) is 0 Å². The van der Waals surface area contributed by atoms with Crippen LogP contribution in [0.5, 0.6) is 0 Å². The van der Waals surface area contributed by atoms with Gasteiger partial charge in [0.2, 0.25) is 0 Å². The molecular formula is C34H61. The minimum atomic E-state index is 0.871. The molecule has 0 heteroatoms. The van der Waals surface area contributed by atoms with E-state index in [1.165, 1.54) is 166 Å². The third kappa shape index (κ3) is 20.6. The molecule has 0 aromatic heterocycles. The molecule has 34 heavy (non-hydrogen) atoms. The van der Waals surface area contributed by atoms with E-state index in [0.717, 1.165) is 5.92 Å². The minimum Gasteiger partial charge on any atom is -0.0654 e. The van der Waals surface area contributed by atoms with Crippen LogP contribution >= 0.6 is 0 Å². The Balaban J connectivity index is 2.08. The summed E-state index contributed by atoms with van der Waals surface area (Å²) in [5, 5.41) is 0. The molecule has 1 aromatic carbocycles. The van der Waals surface area contributed by atoms with E-state index in [-0.39, 0.29) is 0 Å². The Hall–Kier alpha value is -0.780. The van der Waals surface area contributed by atoms with Crippen molar-refractivity contribution in [2.45, 2.75) is 174 Å². The first-order valence-corrected chi connectivity index (χ1v) is 15.8. The first kappa shape index (κ1) is 31.3. The Kier molecular flexibility index (Phi) is 23.3. The number of unbranched alkanes of at least 4 members (excludes halogenated alkanes) is 20. The van der Waals surface area contributed by atoms with Gasteiger partial charge in [0.1, 0.15) is 0 Å². The highest BCUT2D eigenvalue weighted by molar-refractivity contribution is 5.13. The maximum Gasteiger partial charge on any atom is -0.0149 e. The lowest BCUT2D eigenvalue weighted by Gasteiger charge is -2.17. The first-order valence-electron chi connectivity index (χ1n) is 15.8. The van der Waals surface area contributed by atoms with Crippen LogP contribution in [0.4, 0.5) is 0 Å². The first-order chi connectivity index (χ1) is 16.9. The lowest BCUT2D eigenvalue weighted by Crippen LogP contribution is -2.05. The normalized spacial score (nSPS) is 12.3. The van der Waals surface area contributed by atoms with Crippen LogP contribution in [-0.4, -0.2) is 0 Å². The summed E-state index contributed by atoms with van der Waals surface area (Å²) in [6.07, 6.45) is 35.9. The Morgan fingerprint density at radius 3 is 1.24 bits per heavy atom. The van der Waals surface area contributed by atoms with E-state index in [1.54, 1.807) is 0 Å². The zero-order valence-corrected chi connectivity index (χ0v) is 23.6. The molecule has 1 radical (unpaired) electrons. The van der Waals surface area contributed by atoms with Crippen LogP contribution < -0.4 is 0 Å². The Morgan fingerprint density at radius 1 is 0.500 bits per heavy atom. The fourth-order valence-corrected chi connectivity index (χ4v) is 5.41. The second kappa shape index (κ2) is 25.3. The molecule has 0 saturated carbocycles. The predicted molar refractivity (Wildman–Crippen MR) is 155 cm³/mol. The van der Waals surface area contributed by atoms with Crippen LogP contribution in [-0.2, 0) is 6.42 Å². The highest BCUT2D eigenvalue weighted by Crippen LogP contribution is 2.23. The minimum absolute atomic E-state index is 0.871. The van der Waals surface area contributed by atoms with Crippen LogP contribution in [0.25, 0.3) is 0 Å². The number of hydrogen-bond donors (Lipinski definition) is 0. The van der Waals surface area contributed by atoms with Crippen LogP contribution in [0.15, 0.2) is 24.3 Å². The predicted octanol–water partition coefficient (Wildman–Crippen LogP) is 12.0. The molecule has 0 N–H and O–H groups in total. The zero-order valence-electron chi connectivity index (χ0n) is 23.6. The third-order valence-electron chi connectivity index (χ3n) is 7.71. The van der Waals surface area contributed by atoms with Crippen molar-refractivity contribution in [1.29, 1.82) is 0 Å². The SMILES string of the molecule is CCCCCCCCCCCCCCC(CCCCCCCCCCCC)Cc1[c]cccc1. The molecule has 0 amide bonds. The van der Waals surface area contributed by atoms with Crippen molar-refractivity contribution >= 4 is 0 Å². The molecule has 1 atom stereocenters. The molecule has 0 heterocycles. The Morgan fingerprint density at radius 2 is 0.882 bits per heavy atom. The number of benzene rings is 1. The number of rotatable bonds is 26. The van der Waals surface area contributed by atoms with Gasteiger partial charge in [-0.05, 0) is 24.0 Å². The van der Waals surface area contributed by atoms with E-state index in [0.29, 0.717) is 0 Å². The van der Waals surface area contributed by atoms with Gasteiger partial charge >= 0.3 is 0 Å². The number of hydrogen-bond acceptors (Lipinski definition) is 0. The zero-order chi connectivity index (χ0) is 24.4. The smallest absolute Gasteiger partial charge is 0.0149 e. The van der Waals surface area contributed by atoms with Crippen molar-refractivity contribution < 1.29 is 0 Å². The van der Waals surface area contributed by atoms with Crippen molar-refractivity contribution in [3.05, 3.63) is 35.9 Å². The molecule has 0 aliphatic heterocycles. The molecule has 197 valence electrons. The van der Waals surface area contributed by atoms with Gasteiger partial charge in [0.15, 0.2) is 0 Å². The van der Waals surface area contributed by atoms with E-state index in [1.807, 2.05) is 0 Å².